The highest BCUT2D eigenvalue weighted by Gasteiger charge is 2.57. The van der Waals surface area contributed by atoms with Gasteiger partial charge in [0.2, 0.25) is 0 Å². The van der Waals surface area contributed by atoms with Crippen molar-refractivity contribution >= 4 is 39.5 Å². The monoisotopic (exact) mass is 511 g/mol. The molecule has 2 amide bonds. The molecule has 2 aromatic rings. The molecule has 1 saturated carbocycles. The fraction of sp³-hybridized carbons (Fsp3) is 0.435. The van der Waals surface area contributed by atoms with Gasteiger partial charge in [-0.3, -0.25) is 15.0 Å². The first kappa shape index (κ1) is 24.1. The van der Waals surface area contributed by atoms with Gasteiger partial charge in [0.15, 0.2) is 16.1 Å². The van der Waals surface area contributed by atoms with Crippen LogP contribution in [0.25, 0.3) is 0 Å². The third-order valence-corrected chi connectivity index (χ3v) is 8.61. The van der Waals surface area contributed by atoms with E-state index in [9.17, 15) is 23.3 Å². The molecule has 5 heterocycles. The first-order valence-corrected chi connectivity index (χ1v) is 13.3. The fourth-order valence-corrected chi connectivity index (χ4v) is 6.41. The average molecular weight is 512 g/mol. The van der Waals surface area contributed by atoms with Gasteiger partial charge in [0.1, 0.15) is 23.4 Å². The highest BCUT2D eigenvalue weighted by Crippen LogP contribution is 2.53. The van der Waals surface area contributed by atoms with Gasteiger partial charge >= 0.3 is 6.03 Å². The third-order valence-electron chi connectivity index (χ3n) is 6.78. The van der Waals surface area contributed by atoms with Crippen LogP contribution in [0.15, 0.2) is 24.4 Å². The number of carbonyl (C=O) groups excluding carboxylic acids is 2. The van der Waals surface area contributed by atoms with Crippen molar-refractivity contribution < 1.29 is 22.7 Å². The largest absolute Gasteiger partial charge is 0.383 e. The number of hydrogen-bond donors (Lipinski definition) is 3. The second-order valence-electron chi connectivity index (χ2n) is 9.23. The number of hydrogen-bond acceptors (Lipinski definition) is 10. The number of rotatable bonds is 8. The normalized spacial score (nSPS) is 23.4. The van der Waals surface area contributed by atoms with Crippen molar-refractivity contribution in [1.82, 2.24) is 15.3 Å². The quantitative estimate of drug-likeness (QED) is 0.344. The Labute approximate surface area is 208 Å². The predicted molar refractivity (Wildman–Crippen MR) is 131 cm³/mol. The summed E-state index contributed by atoms with van der Waals surface area (Å²) < 4.78 is 28.3. The van der Waals surface area contributed by atoms with Crippen LogP contribution in [0.3, 0.4) is 0 Å². The molecule has 1 aliphatic carbocycles. The Balaban J connectivity index is 1.40. The van der Waals surface area contributed by atoms with Crippen LogP contribution in [-0.2, 0) is 20.1 Å². The Bertz CT molecular complexity index is 1360. The molecule has 4 aliphatic rings. The molecule has 2 aromatic heterocycles. The van der Waals surface area contributed by atoms with Gasteiger partial charge in [0, 0.05) is 43.6 Å². The van der Waals surface area contributed by atoms with Crippen LogP contribution >= 0.6 is 0 Å². The molecule has 3 N–H and O–H groups in total. The summed E-state index contributed by atoms with van der Waals surface area (Å²) in [7, 11) is -1.42. The lowest BCUT2D eigenvalue weighted by molar-refractivity contribution is 0.111. The fourth-order valence-electron chi connectivity index (χ4n) is 5.12. The molecule has 2 bridgehead atoms. The van der Waals surface area contributed by atoms with E-state index in [1.807, 2.05) is 0 Å². The zero-order valence-corrected chi connectivity index (χ0v) is 20.3. The van der Waals surface area contributed by atoms with Crippen molar-refractivity contribution in [2.24, 2.45) is 0 Å². The van der Waals surface area contributed by atoms with Gasteiger partial charge in [-0.25, -0.2) is 23.2 Å². The van der Waals surface area contributed by atoms with E-state index in [4.69, 9.17) is 4.74 Å². The topological polar surface area (TPSA) is 166 Å². The van der Waals surface area contributed by atoms with Crippen molar-refractivity contribution in [2.45, 2.75) is 30.5 Å². The van der Waals surface area contributed by atoms with Crippen molar-refractivity contribution in [1.29, 1.82) is 5.26 Å². The molecule has 0 unspecified atom stereocenters. The smallest absolute Gasteiger partial charge is 0.328 e. The Morgan fingerprint density at radius 1 is 1.36 bits per heavy atom. The van der Waals surface area contributed by atoms with E-state index in [0.29, 0.717) is 49.3 Å². The summed E-state index contributed by atoms with van der Waals surface area (Å²) >= 11 is 0. The van der Waals surface area contributed by atoms with Crippen LogP contribution in [0.4, 0.5) is 22.1 Å². The number of nitrogens with zero attached hydrogens (tertiary/aromatic N) is 4. The molecule has 0 atom stereocenters. The lowest BCUT2D eigenvalue weighted by atomic mass is 9.64. The van der Waals surface area contributed by atoms with Gasteiger partial charge in [-0.05, 0) is 18.9 Å². The molecule has 0 aromatic carbocycles. The number of nitriles is 1. The van der Waals surface area contributed by atoms with Gasteiger partial charge in [-0.1, -0.05) is 6.07 Å². The highest BCUT2D eigenvalue weighted by atomic mass is 32.2. The first-order valence-electron chi connectivity index (χ1n) is 11.5. The predicted octanol–water partition coefficient (Wildman–Crippen LogP) is 1.02. The molecule has 1 saturated heterocycles. The Kier molecular flexibility index (Phi) is 6.11. The number of carbonyl (C=O) groups is 2. The van der Waals surface area contributed by atoms with E-state index in [1.54, 1.807) is 25.3 Å². The number of ether oxygens (including phenoxy) is 1. The second kappa shape index (κ2) is 9.12. The van der Waals surface area contributed by atoms with E-state index < -0.39 is 21.4 Å². The Morgan fingerprint density at radius 3 is 2.81 bits per heavy atom. The van der Waals surface area contributed by atoms with Crippen molar-refractivity contribution in [2.75, 3.05) is 47.3 Å². The summed E-state index contributed by atoms with van der Waals surface area (Å²) in [6.45, 7) is 0.911. The molecule has 3 aliphatic heterocycles. The minimum Gasteiger partial charge on any atom is -0.383 e. The minimum absolute atomic E-state index is 0.0872. The summed E-state index contributed by atoms with van der Waals surface area (Å²) in [6, 6.07) is 6.22. The maximum absolute atomic E-state index is 13.4. The number of nitrogens with one attached hydrogen (secondary N) is 3. The van der Waals surface area contributed by atoms with Crippen LogP contribution < -0.4 is 20.9 Å². The number of amides is 2. The van der Waals surface area contributed by atoms with Crippen LogP contribution in [0, 0.1) is 11.3 Å². The number of methoxy groups -OCH3 is 1. The highest BCUT2D eigenvalue weighted by molar-refractivity contribution is 7.92. The molecular weight excluding hydrogens is 486 g/mol. The number of anilines is 3. The lowest BCUT2D eigenvalue weighted by Crippen LogP contribution is -2.70. The maximum Gasteiger partial charge on any atom is 0.328 e. The van der Waals surface area contributed by atoms with Crippen LogP contribution in [0.1, 0.15) is 34.5 Å². The van der Waals surface area contributed by atoms with Crippen molar-refractivity contribution in [3.8, 4) is 6.07 Å². The first-order chi connectivity index (χ1) is 17.3. The summed E-state index contributed by atoms with van der Waals surface area (Å²) in [5.41, 5.74) is 1.30. The van der Waals surface area contributed by atoms with E-state index in [1.165, 1.54) is 11.1 Å². The van der Waals surface area contributed by atoms with Gasteiger partial charge < -0.3 is 15.4 Å². The number of pyridine rings is 2. The summed E-state index contributed by atoms with van der Waals surface area (Å²) in [5, 5.41) is 18.7. The standard InChI is InChI=1S/C23H25N7O5S/c1-35-5-4-25-19-6-20(26-10-14(19)9-24)28-22(32)30-17-7-23(8-17,29-16-12-36(33,34)13-16)18-3-2-15(11-31)27-21(18)30/h2-3,6,10-11,16-17,29H,4-5,7-8,12-13H2,1H3,(H2,25,26,28,32). The number of aldehydes is 1. The van der Waals surface area contributed by atoms with Gasteiger partial charge in [0.05, 0.1) is 34.9 Å². The molecule has 6 rings (SSSR count). The molecule has 0 spiro atoms. The van der Waals surface area contributed by atoms with Gasteiger partial charge in [0.25, 0.3) is 0 Å². The molecule has 36 heavy (non-hydrogen) atoms. The SMILES string of the molecule is COCCNc1cc(NC(=O)N2c3nc(C=O)ccc3C3(NC4CS(=O)(=O)C4)CC2C3)ncc1C#N. The maximum atomic E-state index is 13.4. The Hall–Kier alpha value is -3.60. The number of urea groups is 1. The van der Waals surface area contributed by atoms with E-state index >= 15 is 0 Å². The molecule has 13 heteroatoms. The molecular formula is C23H25N7O5S. The zero-order chi connectivity index (χ0) is 25.5. The van der Waals surface area contributed by atoms with Crippen molar-refractivity contribution in [3.63, 3.8) is 0 Å². The van der Waals surface area contributed by atoms with E-state index in [0.717, 1.165) is 5.56 Å². The Morgan fingerprint density at radius 2 is 2.14 bits per heavy atom. The molecule has 188 valence electrons. The average Bonchev–Trinajstić information content (AvgIpc) is 2.82. The third kappa shape index (κ3) is 4.27. The van der Waals surface area contributed by atoms with E-state index in [-0.39, 0.29) is 35.1 Å². The number of aromatic nitrogens is 2. The summed E-state index contributed by atoms with van der Waals surface area (Å²) in [6.07, 6.45) is 3.19. The second-order valence-corrected chi connectivity index (χ2v) is 11.4. The summed E-state index contributed by atoms with van der Waals surface area (Å²) in [5.74, 6) is 0.788. The van der Waals surface area contributed by atoms with Crippen molar-refractivity contribution in [3.05, 3.63) is 41.2 Å². The van der Waals surface area contributed by atoms with Gasteiger partial charge in [-0.15, -0.1) is 0 Å². The molecule has 12 nitrogen and oxygen atoms in total. The molecule has 0 radical (unpaired) electrons. The zero-order valence-electron chi connectivity index (χ0n) is 19.5. The minimum atomic E-state index is -2.99. The van der Waals surface area contributed by atoms with Crippen LogP contribution in [0.5, 0.6) is 0 Å². The van der Waals surface area contributed by atoms with Gasteiger partial charge in [-0.2, -0.15) is 5.26 Å². The summed E-state index contributed by atoms with van der Waals surface area (Å²) in [4.78, 5) is 35.0. The molecule has 2 fully saturated rings. The van der Waals surface area contributed by atoms with Crippen LogP contribution in [-0.4, -0.2) is 74.6 Å². The number of sulfone groups is 1. The van der Waals surface area contributed by atoms with E-state index in [2.05, 4.69) is 32.0 Å². The van der Waals surface area contributed by atoms with Crippen LogP contribution in [0.2, 0.25) is 0 Å². The lowest BCUT2D eigenvalue weighted by Gasteiger charge is -2.58.